The number of nitrogens with one attached hydrogen (secondary N) is 1. The summed E-state index contributed by atoms with van der Waals surface area (Å²) in [4.78, 5) is 25.1. The number of pyridine rings is 1. The molecule has 2 rings (SSSR count). The van der Waals surface area contributed by atoms with Crippen molar-refractivity contribution in [2.24, 2.45) is 0 Å². The first-order valence-electron chi connectivity index (χ1n) is 6.36. The van der Waals surface area contributed by atoms with Gasteiger partial charge in [-0.05, 0) is 40.6 Å². The molecular weight excluding hydrogens is 254 g/mol. The maximum atomic E-state index is 11.8. The van der Waals surface area contributed by atoms with Crippen molar-refractivity contribution in [1.29, 1.82) is 0 Å². The van der Waals surface area contributed by atoms with E-state index in [0.29, 0.717) is 5.56 Å². The molecule has 0 unspecified atom stereocenters. The summed E-state index contributed by atoms with van der Waals surface area (Å²) >= 11 is 0. The average Bonchev–Trinajstić information content (AvgIpc) is 2.34. The van der Waals surface area contributed by atoms with Gasteiger partial charge in [0, 0.05) is 17.2 Å². The van der Waals surface area contributed by atoms with Gasteiger partial charge in [-0.15, -0.1) is 0 Å². The smallest absolute Gasteiger partial charge is 0.328 e. The van der Waals surface area contributed by atoms with Gasteiger partial charge in [0.15, 0.2) is 0 Å². The van der Waals surface area contributed by atoms with Crippen LogP contribution < -0.4 is 5.56 Å². The van der Waals surface area contributed by atoms with Crippen molar-refractivity contribution in [2.45, 2.75) is 26.2 Å². The number of fused-ring (bicyclic) bond motifs is 1. The van der Waals surface area contributed by atoms with Gasteiger partial charge in [-0.25, -0.2) is 4.79 Å². The van der Waals surface area contributed by atoms with Crippen LogP contribution in [0.15, 0.2) is 35.1 Å². The van der Waals surface area contributed by atoms with Crippen LogP contribution in [0.5, 0.6) is 0 Å². The van der Waals surface area contributed by atoms with E-state index in [2.05, 4.69) is 25.8 Å². The monoisotopic (exact) mass is 271 g/mol. The van der Waals surface area contributed by atoms with Crippen LogP contribution in [-0.4, -0.2) is 16.1 Å². The molecule has 4 heteroatoms. The highest BCUT2D eigenvalue weighted by molar-refractivity contribution is 5.87. The van der Waals surface area contributed by atoms with E-state index in [1.165, 1.54) is 6.08 Å². The minimum atomic E-state index is -1.08. The molecule has 2 aromatic rings. The molecule has 0 amide bonds. The average molecular weight is 271 g/mol. The van der Waals surface area contributed by atoms with Gasteiger partial charge in [0.1, 0.15) is 0 Å². The Labute approximate surface area is 116 Å². The van der Waals surface area contributed by atoms with Crippen molar-refractivity contribution in [1.82, 2.24) is 4.98 Å². The molecule has 0 saturated carbocycles. The molecule has 104 valence electrons. The predicted octanol–water partition coefficient (Wildman–Crippen LogP) is 2.92. The zero-order valence-corrected chi connectivity index (χ0v) is 11.7. The highest BCUT2D eigenvalue weighted by atomic mass is 16.4. The second-order valence-corrected chi connectivity index (χ2v) is 5.78. The number of H-pyrrole nitrogens is 1. The molecule has 20 heavy (non-hydrogen) atoms. The van der Waals surface area contributed by atoms with Crippen LogP contribution in [0.25, 0.3) is 17.0 Å². The number of rotatable bonds is 2. The van der Waals surface area contributed by atoms with E-state index in [9.17, 15) is 9.59 Å². The number of hydrogen-bond acceptors (Lipinski definition) is 2. The quantitative estimate of drug-likeness (QED) is 0.825. The predicted molar refractivity (Wildman–Crippen MR) is 79.9 cm³/mol. The van der Waals surface area contributed by atoms with Crippen molar-refractivity contribution in [3.05, 3.63) is 51.8 Å². The Morgan fingerprint density at radius 2 is 1.95 bits per heavy atom. The second-order valence-electron chi connectivity index (χ2n) is 5.78. The van der Waals surface area contributed by atoms with Crippen molar-refractivity contribution in [3.63, 3.8) is 0 Å². The van der Waals surface area contributed by atoms with Crippen LogP contribution in [0, 0.1) is 0 Å². The van der Waals surface area contributed by atoms with Gasteiger partial charge < -0.3 is 10.1 Å². The van der Waals surface area contributed by atoms with Crippen LogP contribution >= 0.6 is 0 Å². The molecule has 0 radical (unpaired) electrons. The number of carboxylic acids is 1. The Morgan fingerprint density at radius 1 is 1.25 bits per heavy atom. The molecular formula is C16H17NO3. The largest absolute Gasteiger partial charge is 0.478 e. The fourth-order valence-electron chi connectivity index (χ4n) is 1.97. The Hall–Kier alpha value is -2.36. The Balaban J connectivity index is 2.60. The summed E-state index contributed by atoms with van der Waals surface area (Å²) in [6.45, 7) is 6.35. The van der Waals surface area contributed by atoms with Gasteiger partial charge in [0.25, 0.3) is 5.56 Å². The third kappa shape index (κ3) is 2.96. The highest BCUT2D eigenvalue weighted by Crippen LogP contribution is 2.25. The lowest BCUT2D eigenvalue weighted by Crippen LogP contribution is -2.12. The standard InChI is InChI=1S/C16H17NO3/c1-16(2,3)12-5-6-13-11(9-12)8-10(15(20)17-13)4-7-14(18)19/h4-9H,1-3H3,(H,17,20)(H,18,19)/b7-4+. The molecule has 0 spiro atoms. The summed E-state index contributed by atoms with van der Waals surface area (Å²) in [6.07, 6.45) is 2.27. The maximum absolute atomic E-state index is 11.8. The van der Waals surface area contributed by atoms with Crippen LogP contribution in [-0.2, 0) is 10.2 Å². The Morgan fingerprint density at radius 3 is 2.55 bits per heavy atom. The molecule has 0 saturated heterocycles. The number of aliphatic carboxylic acids is 1. The van der Waals surface area contributed by atoms with E-state index in [0.717, 1.165) is 22.5 Å². The van der Waals surface area contributed by atoms with Crippen LogP contribution in [0.4, 0.5) is 0 Å². The van der Waals surface area contributed by atoms with Gasteiger partial charge in [-0.3, -0.25) is 4.79 Å². The van der Waals surface area contributed by atoms with E-state index in [1.54, 1.807) is 6.07 Å². The van der Waals surface area contributed by atoms with Crippen LogP contribution in [0.2, 0.25) is 0 Å². The van der Waals surface area contributed by atoms with E-state index in [1.807, 2.05) is 18.2 Å². The zero-order chi connectivity index (χ0) is 14.9. The summed E-state index contributed by atoms with van der Waals surface area (Å²) in [5.41, 5.74) is 1.96. The molecule has 2 N–H and O–H groups in total. The molecule has 0 aliphatic carbocycles. The minimum absolute atomic E-state index is 0.0153. The lowest BCUT2D eigenvalue weighted by molar-refractivity contribution is -0.131. The number of benzene rings is 1. The number of carboxylic acid groups (broad SMARTS) is 1. The van der Waals surface area contributed by atoms with Gasteiger partial charge in [-0.2, -0.15) is 0 Å². The summed E-state index contributed by atoms with van der Waals surface area (Å²) in [5, 5.41) is 9.52. The molecule has 0 aliphatic rings. The fraction of sp³-hybridized carbons (Fsp3) is 0.250. The fourth-order valence-corrected chi connectivity index (χ4v) is 1.97. The lowest BCUT2D eigenvalue weighted by Gasteiger charge is -2.19. The molecule has 1 aromatic heterocycles. The first kappa shape index (κ1) is 14.1. The zero-order valence-electron chi connectivity index (χ0n) is 11.7. The van der Waals surface area contributed by atoms with E-state index in [-0.39, 0.29) is 11.0 Å². The maximum Gasteiger partial charge on any atom is 0.328 e. The highest BCUT2D eigenvalue weighted by Gasteiger charge is 2.14. The Kier molecular flexibility index (Phi) is 3.49. The molecule has 1 aromatic carbocycles. The summed E-state index contributed by atoms with van der Waals surface area (Å²) < 4.78 is 0. The number of carbonyl (C=O) groups is 1. The van der Waals surface area contributed by atoms with Crippen molar-refractivity contribution in [2.75, 3.05) is 0 Å². The third-order valence-corrected chi connectivity index (χ3v) is 3.14. The first-order valence-corrected chi connectivity index (χ1v) is 6.36. The SMILES string of the molecule is CC(C)(C)c1ccc2[nH]c(=O)c(/C=C/C(=O)O)cc2c1. The number of hydrogen-bond donors (Lipinski definition) is 2. The van der Waals surface area contributed by atoms with Crippen LogP contribution in [0.1, 0.15) is 31.9 Å². The van der Waals surface area contributed by atoms with E-state index in [4.69, 9.17) is 5.11 Å². The first-order chi connectivity index (χ1) is 9.27. The topological polar surface area (TPSA) is 70.2 Å². The van der Waals surface area contributed by atoms with Crippen molar-refractivity contribution < 1.29 is 9.90 Å². The summed E-state index contributed by atoms with van der Waals surface area (Å²) in [6, 6.07) is 7.60. The normalized spacial score (nSPS) is 12.2. The van der Waals surface area contributed by atoms with Gasteiger partial charge >= 0.3 is 5.97 Å². The van der Waals surface area contributed by atoms with Gasteiger partial charge in [0.05, 0.1) is 0 Å². The second kappa shape index (κ2) is 4.96. The van der Waals surface area contributed by atoms with E-state index >= 15 is 0 Å². The summed E-state index contributed by atoms with van der Waals surface area (Å²) in [5.74, 6) is -1.08. The molecule has 0 fully saturated rings. The molecule has 0 atom stereocenters. The Bertz CT molecular complexity index is 748. The number of aromatic amines is 1. The molecule has 1 heterocycles. The number of aromatic nitrogens is 1. The van der Waals surface area contributed by atoms with Gasteiger partial charge in [0.2, 0.25) is 0 Å². The minimum Gasteiger partial charge on any atom is -0.478 e. The van der Waals surface area contributed by atoms with Crippen LogP contribution in [0.3, 0.4) is 0 Å². The van der Waals surface area contributed by atoms with Crippen molar-refractivity contribution in [3.8, 4) is 0 Å². The van der Waals surface area contributed by atoms with Gasteiger partial charge in [-0.1, -0.05) is 26.8 Å². The molecule has 0 aliphatic heterocycles. The van der Waals surface area contributed by atoms with Crippen molar-refractivity contribution >= 4 is 22.9 Å². The van der Waals surface area contributed by atoms with E-state index < -0.39 is 5.97 Å². The summed E-state index contributed by atoms with van der Waals surface area (Å²) in [7, 11) is 0. The molecule has 0 bridgehead atoms. The lowest BCUT2D eigenvalue weighted by atomic mass is 9.86. The molecule has 4 nitrogen and oxygen atoms in total. The third-order valence-electron chi connectivity index (χ3n) is 3.14.